The van der Waals surface area contributed by atoms with Crippen molar-refractivity contribution in [2.75, 3.05) is 13.2 Å². The third-order valence-corrected chi connectivity index (χ3v) is 5.28. The Labute approximate surface area is 152 Å². The zero-order valence-electron chi connectivity index (χ0n) is 14.6. The quantitative estimate of drug-likeness (QED) is 0.654. The lowest BCUT2D eigenvalue weighted by molar-refractivity contribution is 0.151. The van der Waals surface area contributed by atoms with Gasteiger partial charge in [-0.1, -0.05) is 42.5 Å². The number of carbonyl (C=O) groups excluding carboxylic acids is 1. The van der Waals surface area contributed by atoms with Crippen LogP contribution in [0.5, 0.6) is 0 Å². The molecule has 0 saturated carbocycles. The maximum Gasteiger partial charge on any atom is 0.407 e. The van der Waals surface area contributed by atoms with Crippen molar-refractivity contribution in [1.29, 1.82) is 0 Å². The molecule has 130 valence electrons. The van der Waals surface area contributed by atoms with Crippen LogP contribution in [0.25, 0.3) is 10.8 Å². The van der Waals surface area contributed by atoms with E-state index in [4.69, 9.17) is 4.74 Å². The molecule has 0 spiro atoms. The van der Waals surface area contributed by atoms with E-state index < -0.39 is 0 Å². The Balaban J connectivity index is 1.83. The third-order valence-electron chi connectivity index (χ3n) is 4.26. The summed E-state index contributed by atoms with van der Waals surface area (Å²) < 4.78 is 5.01. The van der Waals surface area contributed by atoms with E-state index in [1.807, 2.05) is 18.3 Å². The fourth-order valence-corrected chi connectivity index (χ4v) is 3.97. The number of thiophene rings is 1. The molecule has 3 aromatic rings. The number of ether oxygens (including phenoxy) is 1. The number of aryl methyl sites for hydroxylation is 1. The Morgan fingerprint density at radius 1 is 1.12 bits per heavy atom. The van der Waals surface area contributed by atoms with Crippen LogP contribution in [-0.2, 0) is 11.2 Å². The van der Waals surface area contributed by atoms with Gasteiger partial charge in [0.05, 0.1) is 6.61 Å². The van der Waals surface area contributed by atoms with Crippen molar-refractivity contribution in [1.82, 2.24) is 5.32 Å². The van der Waals surface area contributed by atoms with Gasteiger partial charge in [-0.25, -0.2) is 4.79 Å². The van der Waals surface area contributed by atoms with Crippen molar-refractivity contribution in [2.24, 2.45) is 0 Å². The van der Waals surface area contributed by atoms with Crippen LogP contribution in [0, 0.1) is 6.92 Å². The highest BCUT2D eigenvalue weighted by atomic mass is 32.1. The predicted octanol–water partition coefficient (Wildman–Crippen LogP) is 5.28. The lowest BCUT2D eigenvalue weighted by Crippen LogP contribution is -2.29. The largest absolute Gasteiger partial charge is 0.450 e. The second-order valence-corrected chi connectivity index (χ2v) is 7.49. The molecule has 25 heavy (non-hydrogen) atoms. The van der Waals surface area contributed by atoms with E-state index in [0.717, 1.165) is 6.42 Å². The maximum absolute atomic E-state index is 11.7. The van der Waals surface area contributed by atoms with Crippen molar-refractivity contribution < 1.29 is 9.53 Å². The van der Waals surface area contributed by atoms with Gasteiger partial charge in [-0.15, -0.1) is 11.3 Å². The van der Waals surface area contributed by atoms with E-state index in [2.05, 4.69) is 66.8 Å². The molecule has 1 aromatic heterocycles. The Morgan fingerprint density at radius 3 is 2.64 bits per heavy atom. The highest BCUT2D eigenvalue weighted by molar-refractivity contribution is 7.11. The van der Waals surface area contributed by atoms with Crippen LogP contribution in [0.4, 0.5) is 4.79 Å². The summed E-state index contributed by atoms with van der Waals surface area (Å²) in [5, 5.41) is 5.36. The molecular weight excluding hydrogens is 330 g/mol. The van der Waals surface area contributed by atoms with E-state index in [9.17, 15) is 4.79 Å². The summed E-state index contributed by atoms with van der Waals surface area (Å²) in [7, 11) is 0. The molecule has 0 saturated heterocycles. The molecule has 1 unspecified atom stereocenters. The van der Waals surface area contributed by atoms with Crippen molar-refractivity contribution >= 4 is 28.2 Å². The fourth-order valence-electron chi connectivity index (χ4n) is 3.00. The Morgan fingerprint density at radius 2 is 1.92 bits per heavy atom. The van der Waals surface area contributed by atoms with Crippen LogP contribution in [0.15, 0.2) is 54.6 Å². The normalized spacial score (nSPS) is 12.1. The third kappa shape index (κ3) is 4.60. The molecular formula is C21H23NO2S. The van der Waals surface area contributed by atoms with Crippen molar-refractivity contribution in [3.8, 4) is 0 Å². The summed E-state index contributed by atoms with van der Waals surface area (Å²) >= 11 is 1.81. The lowest BCUT2D eigenvalue weighted by Gasteiger charge is -2.18. The molecule has 3 rings (SSSR count). The molecule has 0 radical (unpaired) electrons. The van der Waals surface area contributed by atoms with Gasteiger partial charge < -0.3 is 10.1 Å². The fraction of sp³-hybridized carbons (Fsp3) is 0.286. The Kier molecular flexibility index (Phi) is 5.71. The van der Waals surface area contributed by atoms with Gasteiger partial charge in [-0.3, -0.25) is 0 Å². The predicted molar refractivity (Wildman–Crippen MR) is 104 cm³/mol. The van der Waals surface area contributed by atoms with Gasteiger partial charge in [-0.05, 0) is 48.7 Å². The van der Waals surface area contributed by atoms with Gasteiger partial charge in [0.25, 0.3) is 0 Å². The van der Waals surface area contributed by atoms with E-state index in [-0.39, 0.29) is 12.0 Å². The van der Waals surface area contributed by atoms with Crippen LogP contribution in [0.2, 0.25) is 0 Å². The zero-order chi connectivity index (χ0) is 17.6. The molecule has 3 nitrogen and oxygen atoms in total. The van der Waals surface area contributed by atoms with Crippen molar-refractivity contribution in [2.45, 2.75) is 26.2 Å². The van der Waals surface area contributed by atoms with Gasteiger partial charge in [0.1, 0.15) is 0 Å². The number of nitrogens with one attached hydrogen (secondary N) is 1. The molecule has 0 aliphatic heterocycles. The minimum Gasteiger partial charge on any atom is -0.450 e. The summed E-state index contributed by atoms with van der Waals surface area (Å²) in [6, 6.07) is 19.2. The number of hydrogen-bond donors (Lipinski definition) is 1. The number of benzene rings is 2. The second-order valence-electron chi connectivity index (χ2n) is 6.12. The first kappa shape index (κ1) is 17.5. The summed E-state index contributed by atoms with van der Waals surface area (Å²) in [5.74, 6) is 0.215. The summed E-state index contributed by atoms with van der Waals surface area (Å²) in [6.07, 6.45) is 0.555. The molecule has 1 amide bonds. The minimum atomic E-state index is -0.351. The number of fused-ring (bicyclic) bond motifs is 1. The first-order chi connectivity index (χ1) is 12.2. The number of alkyl carbamates (subject to hydrolysis) is 1. The molecule has 2 aromatic carbocycles. The minimum absolute atomic E-state index is 0.215. The molecule has 1 heterocycles. The average Bonchev–Trinajstić information content (AvgIpc) is 3.03. The zero-order valence-corrected chi connectivity index (χ0v) is 15.4. The molecule has 0 fully saturated rings. The van der Waals surface area contributed by atoms with E-state index >= 15 is 0 Å². The van der Waals surface area contributed by atoms with Gasteiger partial charge in [0.2, 0.25) is 0 Å². The maximum atomic E-state index is 11.7. The monoisotopic (exact) mass is 353 g/mol. The topological polar surface area (TPSA) is 38.3 Å². The van der Waals surface area contributed by atoms with E-state index in [0.29, 0.717) is 13.2 Å². The van der Waals surface area contributed by atoms with Crippen LogP contribution in [0.3, 0.4) is 0 Å². The highest BCUT2D eigenvalue weighted by Gasteiger charge is 2.16. The van der Waals surface area contributed by atoms with Gasteiger partial charge >= 0.3 is 6.09 Å². The van der Waals surface area contributed by atoms with E-state index in [1.54, 1.807) is 0 Å². The average molecular weight is 353 g/mol. The number of rotatable bonds is 6. The summed E-state index contributed by atoms with van der Waals surface area (Å²) in [6.45, 7) is 4.88. The van der Waals surface area contributed by atoms with E-state index in [1.165, 1.54) is 26.1 Å². The highest BCUT2D eigenvalue weighted by Crippen LogP contribution is 2.27. The molecule has 0 aliphatic rings. The Bertz CT molecular complexity index is 856. The summed E-state index contributed by atoms with van der Waals surface area (Å²) in [4.78, 5) is 14.4. The van der Waals surface area contributed by atoms with Crippen LogP contribution >= 0.6 is 11.3 Å². The van der Waals surface area contributed by atoms with Crippen LogP contribution in [0.1, 0.15) is 28.2 Å². The first-order valence-electron chi connectivity index (χ1n) is 8.60. The van der Waals surface area contributed by atoms with Gasteiger partial charge in [0, 0.05) is 22.2 Å². The molecule has 1 atom stereocenters. The molecule has 0 aliphatic carbocycles. The van der Waals surface area contributed by atoms with Gasteiger partial charge in [-0.2, -0.15) is 0 Å². The van der Waals surface area contributed by atoms with Crippen molar-refractivity contribution in [3.05, 3.63) is 69.9 Å². The van der Waals surface area contributed by atoms with Crippen LogP contribution in [-0.4, -0.2) is 19.2 Å². The summed E-state index contributed by atoms with van der Waals surface area (Å²) in [5.41, 5.74) is 1.24. The van der Waals surface area contributed by atoms with Crippen molar-refractivity contribution in [3.63, 3.8) is 0 Å². The smallest absolute Gasteiger partial charge is 0.407 e. The number of amides is 1. The molecule has 1 N–H and O–H groups in total. The van der Waals surface area contributed by atoms with Gasteiger partial charge in [0.15, 0.2) is 0 Å². The molecule has 4 heteroatoms. The number of hydrogen-bond acceptors (Lipinski definition) is 3. The first-order valence-corrected chi connectivity index (χ1v) is 9.42. The standard InChI is InChI=1S/C21H23NO2S/c1-3-24-21(23)22-14-19(13-20-11-8-15(2)25-20)18-10-9-16-6-4-5-7-17(16)12-18/h4-12,19H,3,13-14H2,1-2H3,(H,22,23). The SMILES string of the molecule is CCOC(=O)NCC(Cc1ccc(C)s1)c1ccc2ccccc2c1. The second kappa shape index (κ2) is 8.17. The lowest BCUT2D eigenvalue weighted by atomic mass is 9.93. The Hall–Kier alpha value is -2.33. The van der Waals surface area contributed by atoms with Crippen LogP contribution < -0.4 is 5.32 Å². The molecule has 0 bridgehead atoms. The number of carbonyl (C=O) groups is 1.